The van der Waals surface area contributed by atoms with Gasteiger partial charge in [0.2, 0.25) is 5.91 Å². The molecule has 0 fully saturated rings. The zero-order valence-electron chi connectivity index (χ0n) is 9.50. The number of carbonyl (C=O) groups is 1. The van der Waals surface area contributed by atoms with Gasteiger partial charge in [0.05, 0.1) is 16.4 Å². The zero-order valence-corrected chi connectivity index (χ0v) is 11.1. The summed E-state index contributed by atoms with van der Waals surface area (Å²) >= 11 is 7.31. The van der Waals surface area contributed by atoms with Crippen molar-refractivity contribution in [3.63, 3.8) is 0 Å². The van der Waals surface area contributed by atoms with Gasteiger partial charge in [-0.05, 0) is 25.5 Å². The standard InChI is InChI=1S/C11H17ClN2OS/c1-3-4-8(13)11(15)14-7(2)9-5-6-10(12)16-9/h5-8H,3-4,13H2,1-2H3,(H,14,15)/t7-,8-/m1/s1. The quantitative estimate of drug-likeness (QED) is 0.855. The minimum atomic E-state index is -0.414. The molecular weight excluding hydrogens is 244 g/mol. The van der Waals surface area contributed by atoms with Crippen LogP contribution in [-0.2, 0) is 4.79 Å². The van der Waals surface area contributed by atoms with Crippen LogP contribution < -0.4 is 11.1 Å². The Morgan fingerprint density at radius 1 is 1.62 bits per heavy atom. The van der Waals surface area contributed by atoms with Crippen LogP contribution in [0.1, 0.15) is 37.6 Å². The van der Waals surface area contributed by atoms with Crippen molar-refractivity contribution in [2.75, 3.05) is 0 Å². The minimum Gasteiger partial charge on any atom is -0.347 e. The largest absolute Gasteiger partial charge is 0.347 e. The highest BCUT2D eigenvalue weighted by Crippen LogP contribution is 2.26. The van der Waals surface area contributed by atoms with Crippen molar-refractivity contribution in [1.82, 2.24) is 5.32 Å². The van der Waals surface area contributed by atoms with Gasteiger partial charge in [0.25, 0.3) is 0 Å². The summed E-state index contributed by atoms with van der Waals surface area (Å²) in [6, 6.07) is 3.30. The highest BCUT2D eigenvalue weighted by atomic mass is 35.5. The van der Waals surface area contributed by atoms with Gasteiger partial charge in [-0.1, -0.05) is 24.9 Å². The zero-order chi connectivity index (χ0) is 12.1. The Morgan fingerprint density at radius 3 is 2.81 bits per heavy atom. The summed E-state index contributed by atoms with van der Waals surface area (Å²) in [5.41, 5.74) is 5.72. The molecule has 5 heteroatoms. The van der Waals surface area contributed by atoms with Crippen molar-refractivity contribution in [3.05, 3.63) is 21.3 Å². The van der Waals surface area contributed by atoms with Gasteiger partial charge < -0.3 is 11.1 Å². The summed E-state index contributed by atoms with van der Waals surface area (Å²) in [5.74, 6) is -0.0983. The van der Waals surface area contributed by atoms with Gasteiger partial charge in [0, 0.05) is 4.88 Å². The molecule has 1 aromatic rings. The topological polar surface area (TPSA) is 55.1 Å². The van der Waals surface area contributed by atoms with E-state index in [9.17, 15) is 4.79 Å². The average Bonchev–Trinajstić information content (AvgIpc) is 2.65. The Balaban J connectivity index is 2.51. The molecule has 0 saturated heterocycles. The van der Waals surface area contributed by atoms with Crippen molar-refractivity contribution in [3.8, 4) is 0 Å². The smallest absolute Gasteiger partial charge is 0.237 e. The molecule has 2 atom stereocenters. The average molecular weight is 261 g/mol. The maximum absolute atomic E-state index is 11.7. The third-order valence-electron chi connectivity index (χ3n) is 2.32. The molecule has 16 heavy (non-hydrogen) atoms. The number of thiophene rings is 1. The maximum atomic E-state index is 11.7. The van der Waals surface area contributed by atoms with Crippen LogP contribution in [-0.4, -0.2) is 11.9 Å². The van der Waals surface area contributed by atoms with E-state index in [0.717, 1.165) is 15.6 Å². The predicted octanol–water partition coefficient (Wildman–Crippen LogP) is 2.71. The monoisotopic (exact) mass is 260 g/mol. The Kier molecular flexibility index (Phi) is 5.25. The van der Waals surface area contributed by atoms with E-state index in [-0.39, 0.29) is 11.9 Å². The van der Waals surface area contributed by atoms with Crippen molar-refractivity contribution < 1.29 is 4.79 Å². The summed E-state index contributed by atoms with van der Waals surface area (Å²) in [6.07, 6.45) is 1.62. The van der Waals surface area contributed by atoms with Crippen molar-refractivity contribution in [1.29, 1.82) is 0 Å². The van der Waals surface area contributed by atoms with Gasteiger partial charge in [-0.3, -0.25) is 4.79 Å². The van der Waals surface area contributed by atoms with Crippen LogP contribution in [0.3, 0.4) is 0 Å². The first-order valence-electron chi connectivity index (χ1n) is 5.35. The molecule has 1 amide bonds. The van der Waals surface area contributed by atoms with Crippen LogP contribution in [0.15, 0.2) is 12.1 Å². The molecule has 90 valence electrons. The highest BCUT2D eigenvalue weighted by Gasteiger charge is 2.16. The molecule has 0 aliphatic carbocycles. The lowest BCUT2D eigenvalue weighted by Gasteiger charge is -2.15. The fourth-order valence-corrected chi connectivity index (χ4v) is 2.46. The number of hydrogen-bond donors (Lipinski definition) is 2. The van der Waals surface area contributed by atoms with Crippen LogP contribution in [0.25, 0.3) is 0 Å². The van der Waals surface area contributed by atoms with E-state index in [1.165, 1.54) is 11.3 Å². The predicted molar refractivity (Wildman–Crippen MR) is 68.8 cm³/mol. The van der Waals surface area contributed by atoms with Gasteiger partial charge in [-0.15, -0.1) is 11.3 Å². The first-order valence-corrected chi connectivity index (χ1v) is 6.55. The van der Waals surface area contributed by atoms with E-state index in [1.807, 2.05) is 26.0 Å². The highest BCUT2D eigenvalue weighted by molar-refractivity contribution is 7.16. The summed E-state index contributed by atoms with van der Waals surface area (Å²) in [4.78, 5) is 12.7. The lowest BCUT2D eigenvalue weighted by atomic mass is 10.1. The summed E-state index contributed by atoms with van der Waals surface area (Å²) in [5, 5.41) is 2.88. The lowest BCUT2D eigenvalue weighted by Crippen LogP contribution is -2.41. The third-order valence-corrected chi connectivity index (χ3v) is 3.73. The molecule has 1 heterocycles. The molecule has 3 N–H and O–H groups in total. The molecule has 0 bridgehead atoms. The molecular formula is C11H17ClN2OS. The minimum absolute atomic E-state index is 0.0343. The van der Waals surface area contributed by atoms with Gasteiger partial charge >= 0.3 is 0 Å². The van der Waals surface area contributed by atoms with E-state index >= 15 is 0 Å². The second-order valence-corrected chi connectivity index (χ2v) is 5.51. The molecule has 1 rings (SSSR count). The number of hydrogen-bond acceptors (Lipinski definition) is 3. The molecule has 1 aromatic heterocycles. The molecule has 0 aromatic carbocycles. The Bertz CT molecular complexity index is 354. The number of nitrogens with one attached hydrogen (secondary N) is 1. The Morgan fingerprint density at radius 2 is 2.31 bits per heavy atom. The fraction of sp³-hybridized carbons (Fsp3) is 0.545. The second-order valence-electron chi connectivity index (χ2n) is 3.77. The van der Waals surface area contributed by atoms with E-state index in [0.29, 0.717) is 6.42 Å². The van der Waals surface area contributed by atoms with E-state index in [2.05, 4.69) is 5.32 Å². The number of nitrogens with two attached hydrogens (primary N) is 1. The van der Waals surface area contributed by atoms with Gasteiger partial charge in [0.1, 0.15) is 0 Å². The lowest BCUT2D eigenvalue weighted by molar-refractivity contribution is -0.123. The van der Waals surface area contributed by atoms with Crippen molar-refractivity contribution >= 4 is 28.8 Å². The first-order chi connectivity index (χ1) is 7.54. The fourth-order valence-electron chi connectivity index (χ4n) is 1.39. The Hall–Kier alpha value is -0.580. The molecule has 0 unspecified atom stereocenters. The van der Waals surface area contributed by atoms with E-state index < -0.39 is 6.04 Å². The van der Waals surface area contributed by atoms with Crippen LogP contribution >= 0.6 is 22.9 Å². The number of halogens is 1. The van der Waals surface area contributed by atoms with Gasteiger partial charge in [-0.2, -0.15) is 0 Å². The third kappa shape index (κ3) is 3.77. The number of carbonyl (C=O) groups excluding carboxylic acids is 1. The van der Waals surface area contributed by atoms with E-state index in [1.54, 1.807) is 0 Å². The molecule has 3 nitrogen and oxygen atoms in total. The molecule has 0 radical (unpaired) electrons. The van der Waals surface area contributed by atoms with Gasteiger partial charge in [-0.25, -0.2) is 0 Å². The molecule has 0 aliphatic rings. The normalized spacial score (nSPS) is 14.5. The molecule has 0 saturated carbocycles. The van der Waals surface area contributed by atoms with Gasteiger partial charge in [0.15, 0.2) is 0 Å². The summed E-state index contributed by atoms with van der Waals surface area (Å²) in [7, 11) is 0. The van der Waals surface area contributed by atoms with Crippen LogP contribution in [0.5, 0.6) is 0 Å². The van der Waals surface area contributed by atoms with E-state index in [4.69, 9.17) is 17.3 Å². The number of rotatable bonds is 5. The SMILES string of the molecule is CCC[C@@H](N)C(=O)N[C@H](C)c1ccc(Cl)s1. The van der Waals surface area contributed by atoms with Crippen molar-refractivity contribution in [2.45, 2.75) is 38.8 Å². The van der Waals surface area contributed by atoms with Crippen molar-refractivity contribution in [2.24, 2.45) is 5.73 Å². The Labute approximate surface area is 105 Å². The van der Waals surface area contributed by atoms with Crippen LogP contribution in [0, 0.1) is 0 Å². The second kappa shape index (κ2) is 6.23. The molecule has 0 aliphatic heterocycles. The van der Waals surface area contributed by atoms with Crippen LogP contribution in [0.2, 0.25) is 4.34 Å². The first kappa shape index (κ1) is 13.5. The maximum Gasteiger partial charge on any atom is 0.237 e. The number of amides is 1. The summed E-state index contributed by atoms with van der Waals surface area (Å²) < 4.78 is 0.731. The summed E-state index contributed by atoms with van der Waals surface area (Å²) in [6.45, 7) is 3.94. The van der Waals surface area contributed by atoms with Crippen LogP contribution in [0.4, 0.5) is 0 Å². The molecule has 0 spiro atoms.